The number of halogens is 2. The lowest BCUT2D eigenvalue weighted by Crippen LogP contribution is -1.98. The van der Waals surface area contributed by atoms with Gasteiger partial charge in [-0.1, -0.05) is 35.5 Å². The minimum atomic E-state index is 0.433. The minimum absolute atomic E-state index is 0.433. The van der Waals surface area contributed by atoms with Crippen LogP contribution in [-0.4, -0.2) is 15.7 Å². The van der Waals surface area contributed by atoms with Gasteiger partial charge in [-0.15, -0.1) is 0 Å². The van der Waals surface area contributed by atoms with Crippen LogP contribution in [0, 0.1) is 11.3 Å². The Bertz CT molecular complexity index is 824. The minimum Gasteiger partial charge on any atom is -0.245 e. The first-order valence-electron chi connectivity index (χ1n) is 6.29. The van der Waals surface area contributed by atoms with Crippen molar-refractivity contribution in [2.24, 2.45) is 4.99 Å². The van der Waals surface area contributed by atoms with Crippen LogP contribution < -0.4 is 0 Å². The van der Waals surface area contributed by atoms with Gasteiger partial charge in [-0.05, 0) is 28.1 Å². The third kappa shape index (κ3) is 3.22. The van der Waals surface area contributed by atoms with Gasteiger partial charge in [0.2, 0.25) is 0 Å². The van der Waals surface area contributed by atoms with Gasteiger partial charge in [0, 0.05) is 16.9 Å². The van der Waals surface area contributed by atoms with Crippen LogP contribution in [-0.2, 0) is 0 Å². The zero-order valence-corrected chi connectivity index (χ0v) is 14.3. The van der Waals surface area contributed by atoms with Gasteiger partial charge in [-0.2, -0.15) is 5.26 Å². The van der Waals surface area contributed by atoms with Crippen LogP contribution in [0.4, 0.5) is 0 Å². The Balaban J connectivity index is 1.90. The fourth-order valence-corrected chi connectivity index (χ4v) is 3.29. The summed E-state index contributed by atoms with van der Waals surface area (Å²) in [6.45, 7) is 0. The van der Waals surface area contributed by atoms with E-state index in [0.29, 0.717) is 21.7 Å². The van der Waals surface area contributed by atoms with Gasteiger partial charge in [0.05, 0.1) is 23.1 Å². The predicted molar refractivity (Wildman–Crippen MR) is 90.2 cm³/mol. The Hall–Kier alpha value is -1.68. The summed E-state index contributed by atoms with van der Waals surface area (Å²) in [6, 6.07) is 7.80. The van der Waals surface area contributed by atoms with Crippen molar-refractivity contribution in [2.45, 2.75) is 16.3 Å². The highest BCUT2D eigenvalue weighted by atomic mass is 79.9. The standard InChI is InChI=1S/C15H8BrClN4S/c16-13-7-20-14(8-19-13)22-12-3-1-2-10(15(12)17)11-5-4-9(6-18)21-11/h1-4,7-8H,5H2. The molecule has 4 nitrogen and oxygen atoms in total. The quantitative estimate of drug-likeness (QED) is 0.764. The maximum Gasteiger partial charge on any atom is 0.137 e. The zero-order chi connectivity index (χ0) is 15.5. The van der Waals surface area contributed by atoms with Gasteiger partial charge < -0.3 is 0 Å². The Labute approximate surface area is 145 Å². The van der Waals surface area contributed by atoms with Crippen LogP contribution in [0.25, 0.3) is 0 Å². The molecule has 22 heavy (non-hydrogen) atoms. The molecule has 0 unspecified atom stereocenters. The number of aromatic nitrogens is 2. The summed E-state index contributed by atoms with van der Waals surface area (Å²) in [5.41, 5.74) is 2.09. The number of nitrogens with zero attached hydrogens (tertiary/aromatic N) is 4. The van der Waals surface area contributed by atoms with Gasteiger partial charge in [-0.25, -0.2) is 15.0 Å². The molecule has 108 valence electrons. The maximum atomic E-state index is 8.89. The summed E-state index contributed by atoms with van der Waals surface area (Å²) < 4.78 is 0.687. The lowest BCUT2D eigenvalue weighted by atomic mass is 10.1. The van der Waals surface area contributed by atoms with E-state index in [2.05, 4.69) is 30.9 Å². The van der Waals surface area contributed by atoms with Crippen LogP contribution in [0.2, 0.25) is 5.02 Å². The van der Waals surface area contributed by atoms with E-state index in [1.807, 2.05) is 24.3 Å². The zero-order valence-electron chi connectivity index (χ0n) is 11.1. The number of aliphatic imine (C=N–C) groups is 1. The smallest absolute Gasteiger partial charge is 0.137 e. The topological polar surface area (TPSA) is 61.9 Å². The van der Waals surface area contributed by atoms with Gasteiger partial charge >= 0.3 is 0 Å². The molecular weight excluding hydrogens is 384 g/mol. The summed E-state index contributed by atoms with van der Waals surface area (Å²) >= 11 is 11.2. The van der Waals surface area contributed by atoms with Crippen LogP contribution in [0.15, 0.2) is 61.9 Å². The molecule has 0 saturated heterocycles. The monoisotopic (exact) mass is 390 g/mol. The summed E-state index contributed by atoms with van der Waals surface area (Å²) in [4.78, 5) is 13.6. The van der Waals surface area contributed by atoms with E-state index in [4.69, 9.17) is 16.9 Å². The van der Waals surface area contributed by atoms with Crippen molar-refractivity contribution in [2.75, 3.05) is 0 Å². The Kier molecular flexibility index (Phi) is 4.57. The molecule has 0 aliphatic carbocycles. The number of benzene rings is 1. The van der Waals surface area contributed by atoms with Crippen molar-refractivity contribution in [1.82, 2.24) is 9.97 Å². The molecule has 0 bridgehead atoms. The molecule has 1 aliphatic heterocycles. The SMILES string of the molecule is N#CC1=CCC(c2cccc(Sc3cnc(Br)cn3)c2Cl)=N1. The van der Waals surface area contributed by atoms with Gasteiger partial charge in [-0.3, -0.25) is 0 Å². The third-order valence-electron chi connectivity index (χ3n) is 2.94. The highest BCUT2D eigenvalue weighted by Crippen LogP contribution is 2.35. The van der Waals surface area contributed by atoms with E-state index in [9.17, 15) is 0 Å². The Morgan fingerprint density at radius 2 is 2.14 bits per heavy atom. The first kappa shape index (κ1) is 15.2. The highest BCUT2D eigenvalue weighted by Gasteiger charge is 2.16. The molecule has 0 saturated carbocycles. The van der Waals surface area contributed by atoms with Crippen molar-refractivity contribution < 1.29 is 0 Å². The van der Waals surface area contributed by atoms with Gasteiger partial charge in [0.1, 0.15) is 21.4 Å². The van der Waals surface area contributed by atoms with Crippen LogP contribution in [0.3, 0.4) is 0 Å². The summed E-state index contributed by atoms with van der Waals surface area (Å²) in [7, 11) is 0. The average Bonchev–Trinajstić information content (AvgIpc) is 3.00. The number of hydrogen-bond donors (Lipinski definition) is 0. The van der Waals surface area contributed by atoms with E-state index in [-0.39, 0.29) is 0 Å². The normalized spacial score (nSPS) is 13.5. The second-order valence-electron chi connectivity index (χ2n) is 4.36. The predicted octanol–water partition coefficient (Wildman–Crippen LogP) is 4.64. The van der Waals surface area contributed by atoms with Crippen molar-refractivity contribution in [1.29, 1.82) is 5.26 Å². The molecule has 1 aromatic carbocycles. The maximum absolute atomic E-state index is 8.89. The number of rotatable bonds is 3. The molecule has 0 fully saturated rings. The Morgan fingerprint density at radius 3 is 2.82 bits per heavy atom. The molecular formula is C15H8BrClN4S. The largest absolute Gasteiger partial charge is 0.245 e. The first-order chi connectivity index (χ1) is 10.7. The van der Waals surface area contributed by atoms with Crippen molar-refractivity contribution in [3.63, 3.8) is 0 Å². The van der Waals surface area contributed by atoms with E-state index in [1.54, 1.807) is 18.5 Å². The van der Waals surface area contributed by atoms with Crippen molar-refractivity contribution in [3.05, 3.63) is 57.6 Å². The third-order valence-corrected chi connectivity index (χ3v) is 4.85. The molecule has 0 amide bonds. The highest BCUT2D eigenvalue weighted by molar-refractivity contribution is 9.10. The van der Waals surface area contributed by atoms with Crippen molar-refractivity contribution in [3.8, 4) is 6.07 Å². The van der Waals surface area contributed by atoms with Crippen LogP contribution >= 0.6 is 39.3 Å². The molecule has 2 heterocycles. The molecule has 0 radical (unpaired) electrons. The van der Waals surface area contributed by atoms with E-state index < -0.39 is 0 Å². The molecule has 0 N–H and O–H groups in total. The lowest BCUT2D eigenvalue weighted by molar-refractivity contribution is 1.03. The molecule has 3 rings (SSSR count). The molecule has 1 aliphatic rings. The number of hydrogen-bond acceptors (Lipinski definition) is 5. The summed E-state index contributed by atoms with van der Waals surface area (Å²) in [5, 5.41) is 10.3. The van der Waals surface area contributed by atoms with Crippen molar-refractivity contribution >= 4 is 45.0 Å². The Morgan fingerprint density at radius 1 is 1.27 bits per heavy atom. The first-order valence-corrected chi connectivity index (χ1v) is 8.28. The molecule has 1 aromatic heterocycles. The average molecular weight is 392 g/mol. The van der Waals surface area contributed by atoms with Gasteiger partial charge in [0.15, 0.2) is 0 Å². The molecule has 2 aromatic rings. The molecule has 0 spiro atoms. The van der Waals surface area contributed by atoms with Crippen LogP contribution in [0.1, 0.15) is 12.0 Å². The second kappa shape index (κ2) is 6.61. The summed E-state index contributed by atoms with van der Waals surface area (Å²) in [6.07, 6.45) is 5.74. The van der Waals surface area contributed by atoms with E-state index >= 15 is 0 Å². The second-order valence-corrected chi connectivity index (χ2v) is 6.61. The lowest BCUT2D eigenvalue weighted by Gasteiger charge is -2.08. The van der Waals surface area contributed by atoms with Crippen LogP contribution in [0.5, 0.6) is 0 Å². The van der Waals surface area contributed by atoms with Gasteiger partial charge in [0.25, 0.3) is 0 Å². The fourth-order valence-electron chi connectivity index (χ4n) is 1.95. The van der Waals surface area contributed by atoms with E-state index in [0.717, 1.165) is 21.2 Å². The fraction of sp³-hybridized carbons (Fsp3) is 0.0667. The summed E-state index contributed by atoms with van der Waals surface area (Å²) in [5.74, 6) is 0. The number of nitriles is 1. The molecule has 7 heteroatoms. The number of allylic oxidation sites excluding steroid dienone is 2. The van der Waals surface area contributed by atoms with E-state index in [1.165, 1.54) is 11.8 Å². The molecule has 0 atom stereocenters.